The first kappa shape index (κ1) is 17.3. The molecule has 1 fully saturated rings. The maximum Gasteiger partial charge on any atom is 0.315 e. The van der Waals surface area contributed by atoms with Crippen molar-refractivity contribution in [2.24, 2.45) is 0 Å². The molecule has 3 rings (SSSR count). The molecule has 6 heteroatoms. The quantitative estimate of drug-likeness (QED) is 0.872. The van der Waals surface area contributed by atoms with E-state index in [4.69, 9.17) is 4.42 Å². The zero-order valence-electron chi connectivity index (χ0n) is 14.9. The molecule has 2 N–H and O–H groups in total. The minimum Gasteiger partial charge on any atom is -0.464 e. The fourth-order valence-electron chi connectivity index (χ4n) is 3.14. The van der Waals surface area contributed by atoms with E-state index < -0.39 is 0 Å². The van der Waals surface area contributed by atoms with Crippen LogP contribution in [0.25, 0.3) is 0 Å². The average Bonchev–Trinajstić information content (AvgIpc) is 3.07. The van der Waals surface area contributed by atoms with Crippen LogP contribution in [0.5, 0.6) is 0 Å². The molecular weight excluding hydrogens is 316 g/mol. The number of hydrogen-bond donors (Lipinski definition) is 2. The molecule has 1 unspecified atom stereocenters. The van der Waals surface area contributed by atoms with E-state index in [1.165, 1.54) is 19.3 Å². The van der Waals surface area contributed by atoms with Gasteiger partial charge in [-0.15, -0.1) is 0 Å². The van der Waals surface area contributed by atoms with Gasteiger partial charge >= 0.3 is 6.03 Å². The number of carbonyl (C=O) groups excluding carboxylic acids is 1. The van der Waals surface area contributed by atoms with Crippen molar-refractivity contribution in [2.75, 3.05) is 18.0 Å². The number of furan rings is 1. The van der Waals surface area contributed by atoms with Crippen molar-refractivity contribution >= 4 is 11.8 Å². The number of aromatic nitrogens is 1. The summed E-state index contributed by atoms with van der Waals surface area (Å²) >= 11 is 0. The second-order valence-corrected chi connectivity index (χ2v) is 6.53. The average molecular weight is 342 g/mol. The zero-order chi connectivity index (χ0) is 17.6. The van der Waals surface area contributed by atoms with Gasteiger partial charge in [-0.3, -0.25) is 0 Å². The molecule has 1 atom stereocenters. The van der Waals surface area contributed by atoms with Crippen LogP contribution < -0.4 is 15.5 Å². The molecule has 0 radical (unpaired) electrons. The molecule has 1 aliphatic rings. The fraction of sp³-hybridized carbons (Fsp3) is 0.474. The number of urea groups is 1. The number of pyridine rings is 1. The lowest BCUT2D eigenvalue weighted by Crippen LogP contribution is -2.37. The van der Waals surface area contributed by atoms with E-state index in [1.54, 1.807) is 0 Å². The van der Waals surface area contributed by atoms with Crippen LogP contribution in [0.3, 0.4) is 0 Å². The Bertz CT molecular complexity index is 707. The summed E-state index contributed by atoms with van der Waals surface area (Å²) in [5.74, 6) is 2.57. The van der Waals surface area contributed by atoms with Gasteiger partial charge in [0.25, 0.3) is 0 Å². The summed E-state index contributed by atoms with van der Waals surface area (Å²) in [6.45, 7) is 6.31. The summed E-state index contributed by atoms with van der Waals surface area (Å²) < 4.78 is 5.55. The van der Waals surface area contributed by atoms with Crippen molar-refractivity contribution in [2.45, 2.75) is 45.7 Å². The Labute approximate surface area is 148 Å². The maximum absolute atomic E-state index is 12.2. The number of hydrogen-bond acceptors (Lipinski definition) is 4. The number of nitrogens with one attached hydrogen (secondary N) is 2. The first-order valence-corrected chi connectivity index (χ1v) is 8.93. The molecule has 6 nitrogen and oxygen atoms in total. The van der Waals surface area contributed by atoms with Crippen molar-refractivity contribution in [3.8, 4) is 0 Å². The van der Waals surface area contributed by atoms with Crippen LogP contribution >= 0.6 is 0 Å². The van der Waals surface area contributed by atoms with Crippen LogP contribution in [0.15, 0.2) is 34.9 Å². The van der Waals surface area contributed by atoms with E-state index in [1.807, 2.05) is 44.3 Å². The predicted octanol–water partition coefficient (Wildman–Crippen LogP) is 3.53. The Morgan fingerprint density at radius 2 is 2.08 bits per heavy atom. The molecule has 0 saturated carbocycles. The highest BCUT2D eigenvalue weighted by Gasteiger charge is 2.17. The van der Waals surface area contributed by atoms with Crippen LogP contribution in [-0.4, -0.2) is 24.1 Å². The van der Waals surface area contributed by atoms with Crippen molar-refractivity contribution in [3.05, 3.63) is 47.5 Å². The van der Waals surface area contributed by atoms with Crippen LogP contribution in [0, 0.1) is 6.92 Å². The topological polar surface area (TPSA) is 70.4 Å². The van der Waals surface area contributed by atoms with Crippen molar-refractivity contribution in [3.63, 3.8) is 0 Å². The third-order valence-corrected chi connectivity index (χ3v) is 4.50. The molecule has 0 aromatic carbocycles. The second kappa shape index (κ2) is 8.05. The van der Waals surface area contributed by atoms with Crippen LogP contribution in [0.1, 0.15) is 49.3 Å². The standard InChI is InChI=1S/C19H26N4O2/c1-14-8-9-17(25-14)15(2)22-19(24)21-13-16-7-6-10-20-18(16)23-11-4-3-5-12-23/h6-10,15H,3-5,11-13H2,1-2H3,(H2,21,22,24). The van der Waals surface area contributed by atoms with Gasteiger partial charge in [-0.1, -0.05) is 6.07 Å². The Morgan fingerprint density at radius 1 is 1.28 bits per heavy atom. The number of piperidine rings is 1. The van der Waals surface area contributed by atoms with E-state index in [9.17, 15) is 4.79 Å². The molecule has 1 aliphatic heterocycles. The second-order valence-electron chi connectivity index (χ2n) is 6.53. The highest BCUT2D eigenvalue weighted by molar-refractivity contribution is 5.74. The van der Waals surface area contributed by atoms with Crippen LogP contribution in [-0.2, 0) is 6.54 Å². The molecule has 2 amide bonds. The first-order chi connectivity index (χ1) is 12.1. The lowest BCUT2D eigenvalue weighted by atomic mass is 10.1. The Kier molecular flexibility index (Phi) is 5.58. The van der Waals surface area contributed by atoms with Gasteiger partial charge in [-0.2, -0.15) is 0 Å². The normalized spacial score (nSPS) is 15.7. The Balaban J connectivity index is 1.57. The van der Waals surface area contributed by atoms with Crippen molar-refractivity contribution in [1.82, 2.24) is 15.6 Å². The molecule has 25 heavy (non-hydrogen) atoms. The van der Waals surface area contributed by atoms with Crippen molar-refractivity contribution in [1.29, 1.82) is 0 Å². The van der Waals surface area contributed by atoms with Gasteiger partial charge in [0, 0.05) is 31.4 Å². The molecule has 3 heterocycles. The van der Waals surface area contributed by atoms with Gasteiger partial charge in [0.05, 0.1) is 6.04 Å². The predicted molar refractivity (Wildman–Crippen MR) is 97.5 cm³/mol. The number of carbonyl (C=O) groups is 1. The van der Waals surface area contributed by atoms with Gasteiger partial charge in [0.15, 0.2) is 0 Å². The molecule has 2 aromatic rings. The number of anilines is 1. The zero-order valence-corrected chi connectivity index (χ0v) is 14.9. The molecule has 134 valence electrons. The van der Waals surface area contributed by atoms with E-state index >= 15 is 0 Å². The van der Waals surface area contributed by atoms with E-state index in [0.717, 1.165) is 36.0 Å². The van der Waals surface area contributed by atoms with Crippen LogP contribution in [0.4, 0.5) is 10.6 Å². The van der Waals surface area contributed by atoms with E-state index in [0.29, 0.717) is 6.54 Å². The Hall–Kier alpha value is -2.50. The van der Waals surface area contributed by atoms with Gasteiger partial charge in [-0.25, -0.2) is 9.78 Å². The fourth-order valence-corrected chi connectivity index (χ4v) is 3.14. The van der Waals surface area contributed by atoms with Gasteiger partial charge < -0.3 is 20.0 Å². The van der Waals surface area contributed by atoms with Gasteiger partial charge in [0.1, 0.15) is 17.3 Å². The molecule has 1 saturated heterocycles. The SMILES string of the molecule is Cc1ccc(C(C)NC(=O)NCc2cccnc2N2CCCCC2)o1. The molecular formula is C19H26N4O2. The number of rotatable bonds is 5. The molecule has 0 aliphatic carbocycles. The number of aryl methyl sites for hydroxylation is 1. The van der Waals surface area contributed by atoms with Crippen LogP contribution in [0.2, 0.25) is 0 Å². The molecule has 0 bridgehead atoms. The summed E-state index contributed by atoms with van der Waals surface area (Å²) in [4.78, 5) is 19.0. The van der Waals surface area contributed by atoms with E-state index in [-0.39, 0.29) is 12.1 Å². The molecule has 2 aromatic heterocycles. The first-order valence-electron chi connectivity index (χ1n) is 8.93. The number of amides is 2. The monoisotopic (exact) mass is 342 g/mol. The van der Waals surface area contributed by atoms with Gasteiger partial charge in [-0.05, 0) is 51.3 Å². The summed E-state index contributed by atoms with van der Waals surface area (Å²) in [5, 5.41) is 5.83. The summed E-state index contributed by atoms with van der Waals surface area (Å²) in [6.07, 6.45) is 5.49. The number of nitrogens with zero attached hydrogens (tertiary/aromatic N) is 2. The molecule has 0 spiro atoms. The van der Waals surface area contributed by atoms with Gasteiger partial charge in [0.2, 0.25) is 0 Å². The lowest BCUT2D eigenvalue weighted by Gasteiger charge is -2.29. The third kappa shape index (κ3) is 4.53. The summed E-state index contributed by atoms with van der Waals surface area (Å²) in [7, 11) is 0. The van der Waals surface area contributed by atoms with E-state index in [2.05, 4.69) is 20.5 Å². The maximum atomic E-state index is 12.2. The lowest BCUT2D eigenvalue weighted by molar-refractivity contribution is 0.235. The largest absolute Gasteiger partial charge is 0.464 e. The summed E-state index contributed by atoms with van der Waals surface area (Å²) in [5.41, 5.74) is 1.04. The smallest absolute Gasteiger partial charge is 0.315 e. The minimum atomic E-state index is -0.213. The highest BCUT2D eigenvalue weighted by atomic mass is 16.3. The minimum absolute atomic E-state index is 0.177. The Morgan fingerprint density at radius 3 is 2.80 bits per heavy atom. The highest BCUT2D eigenvalue weighted by Crippen LogP contribution is 2.21. The summed E-state index contributed by atoms with van der Waals surface area (Å²) in [6, 6.07) is 7.33. The third-order valence-electron chi connectivity index (χ3n) is 4.50. The van der Waals surface area contributed by atoms with Crippen molar-refractivity contribution < 1.29 is 9.21 Å².